The van der Waals surface area contributed by atoms with Crippen molar-refractivity contribution in [3.63, 3.8) is 0 Å². The monoisotopic (exact) mass is 803 g/mol. The molecule has 9 rings (SSSR count). The predicted molar refractivity (Wildman–Crippen MR) is 189 cm³/mol. The third-order valence-corrected chi connectivity index (χ3v) is 12.1. The Balaban J connectivity index is 1.07. The number of rotatable bonds is 10. The van der Waals surface area contributed by atoms with Gasteiger partial charge in [0.1, 0.15) is 17.4 Å². The van der Waals surface area contributed by atoms with Gasteiger partial charge in [-0.15, -0.1) is 0 Å². The molecule has 0 radical (unpaired) electrons. The first kappa shape index (κ1) is 38.7. The number of fused-ring (bicyclic) bond motifs is 2. The van der Waals surface area contributed by atoms with Crippen molar-refractivity contribution in [2.24, 2.45) is 29.6 Å². The van der Waals surface area contributed by atoms with Crippen molar-refractivity contribution in [1.29, 1.82) is 0 Å². The summed E-state index contributed by atoms with van der Waals surface area (Å²) in [5, 5.41) is 7.94. The molecule has 302 valence electrons. The van der Waals surface area contributed by atoms with Crippen LogP contribution in [0.15, 0.2) is 66.2 Å². The maximum absolute atomic E-state index is 15.4. The lowest BCUT2D eigenvalue weighted by Gasteiger charge is -2.61. The van der Waals surface area contributed by atoms with Crippen LogP contribution in [0.2, 0.25) is 0 Å². The van der Waals surface area contributed by atoms with Gasteiger partial charge in [0.2, 0.25) is 12.0 Å². The lowest BCUT2D eigenvalue weighted by molar-refractivity contribution is -0.208. The van der Waals surface area contributed by atoms with E-state index in [2.05, 4.69) is 22.0 Å². The number of anilines is 1. The number of benzene rings is 3. The number of amides is 3. The Bertz CT molecular complexity index is 2150. The van der Waals surface area contributed by atoms with Crippen LogP contribution in [-0.2, 0) is 15.7 Å². The number of halogens is 8. The van der Waals surface area contributed by atoms with Crippen molar-refractivity contribution in [1.82, 2.24) is 10.6 Å². The van der Waals surface area contributed by atoms with Gasteiger partial charge in [0, 0.05) is 34.3 Å². The minimum atomic E-state index is -5.05. The molecule has 6 aliphatic rings. The molecular formula is C41H37F8N3O5. The van der Waals surface area contributed by atoms with Crippen molar-refractivity contribution in [3.05, 3.63) is 94.6 Å². The van der Waals surface area contributed by atoms with Gasteiger partial charge in [0.15, 0.2) is 0 Å². The van der Waals surface area contributed by atoms with Gasteiger partial charge in [-0.3, -0.25) is 9.59 Å². The molecule has 1 unspecified atom stereocenters. The average molecular weight is 804 g/mol. The molecule has 0 heterocycles. The summed E-state index contributed by atoms with van der Waals surface area (Å²) in [5.74, 6) is -4.63. The molecule has 6 aliphatic carbocycles. The normalized spacial score (nSPS) is 27.2. The summed E-state index contributed by atoms with van der Waals surface area (Å²) in [4.78, 5) is 40.6. The van der Waals surface area contributed by atoms with E-state index in [1.54, 1.807) is 0 Å². The van der Waals surface area contributed by atoms with Gasteiger partial charge in [-0.25, -0.2) is 13.6 Å². The molecule has 16 heteroatoms. The van der Waals surface area contributed by atoms with Crippen molar-refractivity contribution in [2.75, 3.05) is 12.4 Å². The van der Waals surface area contributed by atoms with Gasteiger partial charge in [0.05, 0.1) is 24.2 Å². The van der Waals surface area contributed by atoms with Crippen molar-refractivity contribution < 1.29 is 59.0 Å². The summed E-state index contributed by atoms with van der Waals surface area (Å²) in [5.41, 5.74) is -2.43. The number of allylic oxidation sites excluding steroid dienone is 1. The van der Waals surface area contributed by atoms with Gasteiger partial charge < -0.3 is 25.4 Å². The first-order chi connectivity index (χ1) is 26.9. The molecule has 3 aromatic rings. The van der Waals surface area contributed by atoms with Crippen molar-refractivity contribution in [2.45, 2.75) is 75.0 Å². The van der Waals surface area contributed by atoms with Crippen LogP contribution in [0.4, 0.5) is 45.6 Å². The smallest absolute Gasteiger partial charge is 0.429 e. The van der Waals surface area contributed by atoms with E-state index in [9.17, 15) is 45.1 Å². The number of hydrogen-bond acceptors (Lipinski definition) is 5. The van der Waals surface area contributed by atoms with Crippen LogP contribution in [-0.4, -0.2) is 42.8 Å². The Labute approximate surface area is 321 Å². The fourth-order valence-corrected chi connectivity index (χ4v) is 9.12. The second-order valence-electron chi connectivity index (χ2n) is 15.9. The molecule has 5 atom stereocenters. The Kier molecular flexibility index (Phi) is 9.54. The molecule has 0 aliphatic heterocycles. The molecule has 3 aromatic carbocycles. The second kappa shape index (κ2) is 14.0. The summed E-state index contributed by atoms with van der Waals surface area (Å²) < 4.78 is 123. The van der Waals surface area contributed by atoms with Gasteiger partial charge >= 0.3 is 18.4 Å². The highest BCUT2D eigenvalue weighted by Crippen LogP contribution is 2.57. The summed E-state index contributed by atoms with van der Waals surface area (Å²) in [6.07, 6.45) is -6.80. The Morgan fingerprint density at radius 2 is 1.56 bits per heavy atom. The second-order valence-corrected chi connectivity index (χ2v) is 15.9. The fraction of sp³-hybridized carbons (Fsp3) is 0.439. The molecule has 57 heavy (non-hydrogen) atoms. The van der Waals surface area contributed by atoms with Gasteiger partial charge in [0.25, 0.3) is 5.91 Å². The quantitative estimate of drug-likeness (QED) is 0.140. The number of alkyl halides is 6. The number of methoxy groups -OCH3 is 1. The highest BCUT2D eigenvalue weighted by molar-refractivity contribution is 6.00. The van der Waals surface area contributed by atoms with E-state index in [-0.39, 0.29) is 40.0 Å². The Morgan fingerprint density at radius 1 is 0.860 bits per heavy atom. The number of carbonyl (C=O) groups is 3. The van der Waals surface area contributed by atoms with Crippen LogP contribution in [0.25, 0.3) is 11.1 Å². The molecule has 0 spiro atoms. The predicted octanol–water partition coefficient (Wildman–Crippen LogP) is 9.27. The van der Waals surface area contributed by atoms with Gasteiger partial charge in [-0.05, 0) is 111 Å². The molecule has 3 N–H and O–H groups in total. The van der Waals surface area contributed by atoms with Gasteiger partial charge in [-0.1, -0.05) is 23.8 Å². The largest absolute Gasteiger partial charge is 0.496 e. The van der Waals surface area contributed by atoms with E-state index in [0.717, 1.165) is 42.7 Å². The van der Waals surface area contributed by atoms with E-state index < -0.39 is 76.6 Å². The van der Waals surface area contributed by atoms with Crippen LogP contribution in [0.3, 0.4) is 0 Å². The number of alkyl carbamates (subject to hydrolysis) is 1. The first-order valence-corrected chi connectivity index (χ1v) is 18.7. The van der Waals surface area contributed by atoms with Crippen LogP contribution < -0.4 is 20.7 Å². The molecule has 3 amide bonds. The third-order valence-electron chi connectivity index (χ3n) is 12.1. The summed E-state index contributed by atoms with van der Waals surface area (Å²) in [6, 6.07) is 7.79. The lowest BCUT2D eigenvalue weighted by atomic mass is 9.50. The Hall–Kier alpha value is -5.15. The molecule has 8 nitrogen and oxygen atoms in total. The highest BCUT2D eigenvalue weighted by atomic mass is 19.4. The van der Waals surface area contributed by atoms with Crippen molar-refractivity contribution >= 4 is 23.6 Å². The van der Waals surface area contributed by atoms with E-state index in [1.165, 1.54) is 25.3 Å². The third kappa shape index (κ3) is 7.42. The zero-order chi connectivity index (χ0) is 40.6. The number of hydrogen-bond donors (Lipinski definition) is 3. The highest BCUT2D eigenvalue weighted by Gasteiger charge is 2.58. The van der Waals surface area contributed by atoms with Gasteiger partial charge in [-0.2, -0.15) is 26.3 Å². The molecule has 0 aromatic heterocycles. The molecule has 4 bridgehead atoms. The van der Waals surface area contributed by atoms with E-state index in [1.807, 2.05) is 0 Å². The number of carbonyl (C=O) groups excluding carboxylic acids is 3. The van der Waals surface area contributed by atoms with Crippen LogP contribution in [0, 0.1) is 41.2 Å². The maximum atomic E-state index is 15.4. The SMILES string of the molecule is COc1ccc(-c2cc(C(OC(=O)NC34CC(C3)C4)C(F)(F)F)ccc2F)cc1C(=O)N[C@H]1[C@@H](C(=O)Nc2ccc(F)c(C(F)(F)F)c2)[C@H]2CC[C@@H]1/C2=C\C1CC1. The lowest BCUT2D eigenvalue weighted by Crippen LogP contribution is -2.68. The average Bonchev–Trinajstić information content (AvgIpc) is 3.80. The van der Waals surface area contributed by atoms with E-state index in [0.29, 0.717) is 56.1 Å². The van der Waals surface area contributed by atoms with Crippen LogP contribution >= 0.6 is 0 Å². The molecule has 6 saturated carbocycles. The fourth-order valence-electron chi connectivity index (χ4n) is 9.12. The topological polar surface area (TPSA) is 106 Å². The first-order valence-electron chi connectivity index (χ1n) is 18.7. The summed E-state index contributed by atoms with van der Waals surface area (Å²) in [6.45, 7) is 0. The summed E-state index contributed by atoms with van der Waals surface area (Å²) >= 11 is 0. The maximum Gasteiger partial charge on any atom is 0.429 e. The summed E-state index contributed by atoms with van der Waals surface area (Å²) in [7, 11) is 1.28. The van der Waals surface area contributed by atoms with Crippen LogP contribution in [0.5, 0.6) is 5.75 Å². The van der Waals surface area contributed by atoms with E-state index >= 15 is 4.39 Å². The molecular weight excluding hydrogens is 766 g/mol. The molecule has 0 saturated heterocycles. The molecule has 6 fully saturated rings. The minimum Gasteiger partial charge on any atom is -0.496 e. The number of nitrogens with one attached hydrogen (secondary N) is 3. The minimum absolute atomic E-state index is 0.00660. The zero-order valence-electron chi connectivity index (χ0n) is 30.3. The zero-order valence-corrected chi connectivity index (χ0v) is 30.3. The standard InChI is InChI=1S/C41H37F8N3O5/c1-56-32-11-5-21(26-14-22(4-9-30(26)42)35(41(47,48)49)57-38(55)52-39-16-20(17-39)18-39)13-28(32)36(53)51-34-25-8-7-24(27(25)12-19-2-3-19)33(34)37(54)50-23-6-10-31(43)29(15-23)40(44,45)46/h4-6,9-15,19-20,24-25,33-35H,2-3,7-8,16-18H2,1H3,(H,50,54)(H,51,53)(H,52,55)/b27-12-/t20?,24-,25+,33-,34+,35?,39?/m0/s1. The Morgan fingerprint density at radius 3 is 2.19 bits per heavy atom. The number of ether oxygens (including phenoxy) is 2. The van der Waals surface area contributed by atoms with Crippen molar-refractivity contribution in [3.8, 4) is 16.9 Å². The van der Waals surface area contributed by atoms with E-state index in [4.69, 9.17) is 9.47 Å². The van der Waals surface area contributed by atoms with Crippen LogP contribution in [0.1, 0.15) is 72.5 Å².